The van der Waals surface area contributed by atoms with Crippen LogP contribution in [-0.4, -0.2) is 18.8 Å². The third-order valence-electron chi connectivity index (χ3n) is 1.54. The number of rotatable bonds is 5. The molecule has 0 fully saturated rings. The first-order chi connectivity index (χ1) is 4.68. The van der Waals surface area contributed by atoms with Crippen molar-refractivity contribution in [3.8, 4) is 0 Å². The molecule has 0 aromatic heterocycles. The molecular weight excluding hydrogens is 128 g/mol. The molecule has 0 aliphatic carbocycles. The van der Waals surface area contributed by atoms with Gasteiger partial charge in [0.1, 0.15) is 6.10 Å². The minimum Gasteiger partial charge on any atom is -0.376 e. The lowest BCUT2D eigenvalue weighted by atomic mass is 10.2. The fraction of sp³-hybridized carbons (Fsp3) is 1.00. The lowest BCUT2D eigenvalue weighted by molar-refractivity contribution is -0.0491. The van der Waals surface area contributed by atoms with E-state index in [-0.39, 0.29) is 6.10 Å². The van der Waals surface area contributed by atoms with Crippen LogP contribution >= 0.6 is 0 Å². The molecule has 0 spiro atoms. The monoisotopic (exact) mass is 145 g/mol. The van der Waals surface area contributed by atoms with Gasteiger partial charge in [0.2, 0.25) is 0 Å². The summed E-state index contributed by atoms with van der Waals surface area (Å²) in [5.41, 5.74) is 0. The maximum absolute atomic E-state index is 10.7. The van der Waals surface area contributed by atoms with E-state index >= 15 is 0 Å². The SMILES string of the molecule is CCCCOC(C)C(C)[O]. The van der Waals surface area contributed by atoms with Crippen molar-refractivity contribution < 1.29 is 9.84 Å². The molecule has 1 radical (unpaired) electrons. The highest BCUT2D eigenvalue weighted by Crippen LogP contribution is 1.99. The second kappa shape index (κ2) is 5.69. The van der Waals surface area contributed by atoms with Gasteiger partial charge in [0.25, 0.3) is 0 Å². The number of ether oxygens (including phenoxy) is 1. The van der Waals surface area contributed by atoms with Gasteiger partial charge in [0.15, 0.2) is 0 Å². The summed E-state index contributed by atoms with van der Waals surface area (Å²) in [4.78, 5) is 0. The molecule has 0 N–H and O–H groups in total. The molecule has 2 unspecified atom stereocenters. The molecule has 0 aromatic rings. The standard InChI is InChI=1S/C8H17O2/c1-4-5-6-10-8(3)7(2)9/h7-8H,4-6H2,1-3H3. The Morgan fingerprint density at radius 1 is 1.40 bits per heavy atom. The van der Waals surface area contributed by atoms with Crippen molar-refractivity contribution in [3.63, 3.8) is 0 Å². The zero-order chi connectivity index (χ0) is 7.98. The predicted molar refractivity (Wildman–Crippen MR) is 40.5 cm³/mol. The molecule has 0 rings (SSSR count). The first kappa shape index (κ1) is 9.92. The highest BCUT2D eigenvalue weighted by Gasteiger charge is 2.08. The Balaban J connectivity index is 3.13. The Kier molecular flexibility index (Phi) is 5.64. The molecule has 0 aromatic carbocycles. The van der Waals surface area contributed by atoms with Crippen LogP contribution in [0.2, 0.25) is 0 Å². The van der Waals surface area contributed by atoms with Crippen LogP contribution in [0.1, 0.15) is 33.6 Å². The summed E-state index contributed by atoms with van der Waals surface area (Å²) in [6.07, 6.45) is 1.44. The van der Waals surface area contributed by atoms with Crippen molar-refractivity contribution in [1.82, 2.24) is 0 Å². The highest BCUT2D eigenvalue weighted by molar-refractivity contribution is 4.55. The maximum Gasteiger partial charge on any atom is 0.116 e. The third-order valence-corrected chi connectivity index (χ3v) is 1.54. The molecule has 0 aliphatic heterocycles. The molecule has 2 atom stereocenters. The molecule has 0 heterocycles. The molecule has 2 nitrogen and oxygen atoms in total. The summed E-state index contributed by atoms with van der Waals surface area (Å²) >= 11 is 0. The van der Waals surface area contributed by atoms with E-state index in [2.05, 4.69) is 6.92 Å². The van der Waals surface area contributed by atoms with Gasteiger partial charge in [-0.1, -0.05) is 13.3 Å². The van der Waals surface area contributed by atoms with E-state index in [4.69, 9.17) is 4.74 Å². The van der Waals surface area contributed by atoms with Crippen molar-refractivity contribution in [2.24, 2.45) is 0 Å². The first-order valence-electron chi connectivity index (χ1n) is 3.96. The van der Waals surface area contributed by atoms with Crippen molar-refractivity contribution in [3.05, 3.63) is 0 Å². The van der Waals surface area contributed by atoms with Crippen LogP contribution in [-0.2, 0) is 9.84 Å². The largest absolute Gasteiger partial charge is 0.376 e. The minimum absolute atomic E-state index is 0.133. The second-order valence-corrected chi connectivity index (χ2v) is 2.63. The molecular formula is C8H17O2. The van der Waals surface area contributed by atoms with Crippen LogP contribution < -0.4 is 0 Å². The van der Waals surface area contributed by atoms with Crippen molar-refractivity contribution in [2.45, 2.75) is 45.8 Å². The summed E-state index contributed by atoms with van der Waals surface area (Å²) in [5, 5.41) is 10.7. The minimum atomic E-state index is -0.600. The van der Waals surface area contributed by atoms with E-state index in [1.54, 1.807) is 6.92 Å². The second-order valence-electron chi connectivity index (χ2n) is 2.63. The van der Waals surface area contributed by atoms with Crippen LogP contribution in [0.5, 0.6) is 0 Å². The smallest absolute Gasteiger partial charge is 0.116 e. The topological polar surface area (TPSA) is 29.1 Å². The highest BCUT2D eigenvalue weighted by atomic mass is 16.5. The molecule has 0 amide bonds. The van der Waals surface area contributed by atoms with E-state index in [9.17, 15) is 5.11 Å². The van der Waals surface area contributed by atoms with Gasteiger partial charge >= 0.3 is 0 Å². The van der Waals surface area contributed by atoms with E-state index in [1.807, 2.05) is 6.92 Å². The Hall–Kier alpha value is -0.0800. The quantitative estimate of drug-likeness (QED) is 0.544. The molecule has 61 valence electrons. The fourth-order valence-electron chi connectivity index (χ4n) is 0.549. The van der Waals surface area contributed by atoms with Gasteiger partial charge < -0.3 is 4.74 Å². The lowest BCUT2D eigenvalue weighted by Crippen LogP contribution is -2.21. The van der Waals surface area contributed by atoms with Crippen LogP contribution in [0.4, 0.5) is 0 Å². The number of hydrogen-bond acceptors (Lipinski definition) is 1. The van der Waals surface area contributed by atoms with Gasteiger partial charge in [-0.05, 0) is 20.3 Å². The summed E-state index contributed by atoms with van der Waals surface area (Å²) in [6.45, 7) is 6.29. The molecule has 0 bridgehead atoms. The van der Waals surface area contributed by atoms with Crippen molar-refractivity contribution in [1.29, 1.82) is 0 Å². The Labute approximate surface area is 63.2 Å². The normalized spacial score (nSPS) is 16.8. The van der Waals surface area contributed by atoms with Gasteiger partial charge in [-0.2, -0.15) is 0 Å². The molecule has 0 saturated heterocycles. The zero-order valence-electron chi connectivity index (χ0n) is 7.09. The summed E-state index contributed by atoms with van der Waals surface area (Å²) in [5.74, 6) is 0. The average molecular weight is 145 g/mol. The maximum atomic E-state index is 10.7. The number of unbranched alkanes of at least 4 members (excludes halogenated alkanes) is 1. The molecule has 0 saturated carbocycles. The predicted octanol–water partition coefficient (Wildman–Crippen LogP) is 2.01. The number of hydrogen-bond donors (Lipinski definition) is 0. The summed E-state index contributed by atoms with van der Waals surface area (Å²) < 4.78 is 5.23. The van der Waals surface area contributed by atoms with Crippen LogP contribution in [0, 0.1) is 0 Å². The molecule has 2 heteroatoms. The summed E-state index contributed by atoms with van der Waals surface area (Å²) in [7, 11) is 0. The van der Waals surface area contributed by atoms with E-state index in [0.717, 1.165) is 19.4 Å². The lowest BCUT2D eigenvalue weighted by Gasteiger charge is -2.13. The Morgan fingerprint density at radius 2 is 2.00 bits per heavy atom. The Morgan fingerprint density at radius 3 is 2.40 bits per heavy atom. The van der Waals surface area contributed by atoms with Gasteiger partial charge in [-0.15, -0.1) is 0 Å². The van der Waals surface area contributed by atoms with E-state index < -0.39 is 6.10 Å². The van der Waals surface area contributed by atoms with Crippen molar-refractivity contribution in [2.75, 3.05) is 6.61 Å². The van der Waals surface area contributed by atoms with Crippen LogP contribution in [0.15, 0.2) is 0 Å². The molecule has 10 heavy (non-hydrogen) atoms. The van der Waals surface area contributed by atoms with Crippen LogP contribution in [0.3, 0.4) is 0 Å². The third kappa shape index (κ3) is 4.77. The van der Waals surface area contributed by atoms with Crippen molar-refractivity contribution >= 4 is 0 Å². The summed E-state index contributed by atoms with van der Waals surface area (Å²) in [6, 6.07) is 0. The van der Waals surface area contributed by atoms with Gasteiger partial charge in [-0.25, -0.2) is 5.11 Å². The first-order valence-corrected chi connectivity index (χ1v) is 3.96. The van der Waals surface area contributed by atoms with E-state index in [0.29, 0.717) is 0 Å². The van der Waals surface area contributed by atoms with Gasteiger partial charge in [0.05, 0.1) is 6.10 Å². The van der Waals surface area contributed by atoms with Gasteiger partial charge in [-0.3, -0.25) is 0 Å². The fourth-order valence-corrected chi connectivity index (χ4v) is 0.549. The van der Waals surface area contributed by atoms with Gasteiger partial charge in [0, 0.05) is 6.61 Å². The van der Waals surface area contributed by atoms with Crippen LogP contribution in [0.25, 0.3) is 0 Å². The van der Waals surface area contributed by atoms with E-state index in [1.165, 1.54) is 0 Å². The molecule has 0 aliphatic rings. The zero-order valence-corrected chi connectivity index (χ0v) is 7.09. The average Bonchev–Trinajstić information content (AvgIpc) is 1.88. The Bertz CT molecular complexity index is 71.7.